The van der Waals surface area contributed by atoms with Gasteiger partial charge in [0, 0.05) is 6.54 Å². The van der Waals surface area contributed by atoms with E-state index in [0.29, 0.717) is 17.9 Å². The molecular formula is C9H15N5OS. The first-order valence-corrected chi connectivity index (χ1v) is 5.44. The molecule has 88 valence electrons. The molecule has 16 heavy (non-hydrogen) atoms. The topological polar surface area (TPSA) is 95.8 Å². The minimum Gasteiger partial charge on any atom is -0.389 e. The lowest BCUT2D eigenvalue weighted by atomic mass is 10.3. The highest BCUT2D eigenvalue weighted by Gasteiger charge is 2.09. The van der Waals surface area contributed by atoms with Gasteiger partial charge in [0.15, 0.2) is 0 Å². The van der Waals surface area contributed by atoms with Crippen LogP contribution >= 0.6 is 12.2 Å². The number of thiocarbonyl (C=S) groups is 1. The van der Waals surface area contributed by atoms with Gasteiger partial charge in [-0.3, -0.25) is 10.4 Å². The molecule has 0 fully saturated rings. The van der Waals surface area contributed by atoms with Crippen molar-refractivity contribution in [2.45, 2.75) is 19.8 Å². The highest BCUT2D eigenvalue weighted by molar-refractivity contribution is 7.80. The van der Waals surface area contributed by atoms with Gasteiger partial charge in [0.1, 0.15) is 10.8 Å². The van der Waals surface area contributed by atoms with E-state index in [1.54, 1.807) is 0 Å². The predicted octanol–water partition coefficient (Wildman–Crippen LogP) is 0.965. The number of anilines is 1. The molecule has 0 bridgehead atoms. The zero-order chi connectivity index (χ0) is 12.0. The maximum atomic E-state index is 11.4. The van der Waals surface area contributed by atoms with Gasteiger partial charge in [-0.15, -0.1) is 0 Å². The average molecular weight is 241 g/mol. The van der Waals surface area contributed by atoms with Crippen molar-refractivity contribution in [3.05, 3.63) is 11.8 Å². The standard InChI is InChI=1S/C9H15N5OS/c1-2-3-4-11-9(15)13-8-6(7(10)16)5-12-14-8/h5H,2-4H2,1H3,(H2,10,16)(H3,11,12,13,14,15). The van der Waals surface area contributed by atoms with E-state index in [4.69, 9.17) is 18.0 Å². The molecule has 0 aliphatic heterocycles. The van der Waals surface area contributed by atoms with Gasteiger partial charge in [0.05, 0.1) is 11.8 Å². The Labute approximate surface area is 99.0 Å². The van der Waals surface area contributed by atoms with Gasteiger partial charge in [-0.1, -0.05) is 25.6 Å². The van der Waals surface area contributed by atoms with Crippen molar-refractivity contribution in [2.24, 2.45) is 5.73 Å². The Balaban J connectivity index is 2.49. The van der Waals surface area contributed by atoms with Gasteiger partial charge < -0.3 is 11.1 Å². The third-order valence-electron chi connectivity index (χ3n) is 1.96. The highest BCUT2D eigenvalue weighted by Crippen LogP contribution is 2.09. The summed E-state index contributed by atoms with van der Waals surface area (Å²) in [6.07, 6.45) is 3.45. The zero-order valence-corrected chi connectivity index (χ0v) is 9.86. The molecule has 1 aromatic rings. The number of nitrogens with two attached hydrogens (primary N) is 1. The minimum atomic E-state index is -0.296. The van der Waals surface area contributed by atoms with E-state index in [9.17, 15) is 4.79 Å². The maximum Gasteiger partial charge on any atom is 0.320 e. The number of unbranched alkanes of at least 4 members (excludes halogenated alkanes) is 1. The number of nitrogens with one attached hydrogen (secondary N) is 3. The fraction of sp³-hybridized carbons (Fsp3) is 0.444. The van der Waals surface area contributed by atoms with Gasteiger partial charge in [0.25, 0.3) is 0 Å². The molecule has 0 saturated heterocycles. The number of nitrogens with zero attached hydrogens (tertiary/aromatic N) is 1. The van der Waals surface area contributed by atoms with Gasteiger partial charge in [-0.2, -0.15) is 5.10 Å². The maximum absolute atomic E-state index is 11.4. The summed E-state index contributed by atoms with van der Waals surface area (Å²) in [6, 6.07) is -0.296. The third-order valence-corrected chi connectivity index (χ3v) is 2.18. The third kappa shape index (κ3) is 3.50. The summed E-state index contributed by atoms with van der Waals surface area (Å²) in [5.74, 6) is 0.418. The fourth-order valence-corrected chi connectivity index (χ4v) is 1.26. The van der Waals surface area contributed by atoms with Crippen molar-refractivity contribution in [2.75, 3.05) is 11.9 Å². The van der Waals surface area contributed by atoms with Crippen LogP contribution in [-0.4, -0.2) is 27.8 Å². The number of hydrogen-bond acceptors (Lipinski definition) is 3. The molecule has 7 heteroatoms. The second-order valence-electron chi connectivity index (χ2n) is 3.26. The van der Waals surface area contributed by atoms with E-state index in [1.165, 1.54) is 6.20 Å². The number of aromatic nitrogens is 2. The summed E-state index contributed by atoms with van der Waals surface area (Å²) in [5.41, 5.74) is 5.98. The van der Waals surface area contributed by atoms with Crippen molar-refractivity contribution in [1.29, 1.82) is 0 Å². The highest BCUT2D eigenvalue weighted by atomic mass is 32.1. The number of aromatic amines is 1. The summed E-state index contributed by atoms with van der Waals surface area (Å²) in [7, 11) is 0. The monoisotopic (exact) mass is 241 g/mol. The molecular weight excluding hydrogens is 226 g/mol. The lowest BCUT2D eigenvalue weighted by molar-refractivity contribution is 0.252. The molecule has 6 nitrogen and oxygen atoms in total. The van der Waals surface area contributed by atoms with Crippen LogP contribution in [0.4, 0.5) is 10.6 Å². The molecule has 0 unspecified atom stereocenters. The van der Waals surface area contributed by atoms with Gasteiger partial charge in [-0.25, -0.2) is 4.79 Å². The van der Waals surface area contributed by atoms with E-state index >= 15 is 0 Å². The Bertz CT molecular complexity index is 376. The first-order valence-electron chi connectivity index (χ1n) is 5.03. The van der Waals surface area contributed by atoms with Crippen LogP contribution in [0.1, 0.15) is 25.3 Å². The number of amides is 2. The lowest BCUT2D eigenvalue weighted by Crippen LogP contribution is -2.30. The van der Waals surface area contributed by atoms with E-state index in [0.717, 1.165) is 12.8 Å². The molecule has 0 saturated carbocycles. The number of carbonyl (C=O) groups excluding carboxylic acids is 1. The average Bonchev–Trinajstić information content (AvgIpc) is 2.66. The molecule has 2 amide bonds. The minimum absolute atomic E-state index is 0.192. The molecule has 0 spiro atoms. The summed E-state index contributed by atoms with van der Waals surface area (Å²) in [4.78, 5) is 11.6. The second kappa shape index (κ2) is 6.06. The van der Waals surface area contributed by atoms with Crippen LogP contribution in [0.2, 0.25) is 0 Å². The van der Waals surface area contributed by atoms with Gasteiger partial charge in [0.2, 0.25) is 0 Å². The summed E-state index contributed by atoms with van der Waals surface area (Å²) in [5, 5.41) is 11.7. The molecule has 0 aromatic carbocycles. The van der Waals surface area contributed by atoms with Gasteiger partial charge in [-0.05, 0) is 6.42 Å². The number of carbonyl (C=O) groups is 1. The quantitative estimate of drug-likeness (QED) is 0.456. The Hall–Kier alpha value is -1.63. The molecule has 0 aliphatic rings. The number of hydrogen-bond donors (Lipinski definition) is 4. The summed E-state index contributed by atoms with van der Waals surface area (Å²) < 4.78 is 0. The van der Waals surface area contributed by atoms with Crippen molar-refractivity contribution >= 4 is 29.1 Å². The largest absolute Gasteiger partial charge is 0.389 e. The molecule has 1 heterocycles. The van der Waals surface area contributed by atoms with Crippen molar-refractivity contribution in [3.63, 3.8) is 0 Å². The van der Waals surface area contributed by atoms with Crippen LogP contribution in [0, 0.1) is 0 Å². The van der Waals surface area contributed by atoms with E-state index in [-0.39, 0.29) is 11.0 Å². The molecule has 1 rings (SSSR count). The Morgan fingerprint density at radius 1 is 1.69 bits per heavy atom. The van der Waals surface area contributed by atoms with Crippen molar-refractivity contribution in [3.8, 4) is 0 Å². The Kier molecular flexibility index (Phi) is 4.71. The number of rotatable bonds is 5. The normalized spacial score (nSPS) is 9.81. The van der Waals surface area contributed by atoms with Crippen LogP contribution < -0.4 is 16.4 Å². The first-order chi connectivity index (χ1) is 7.65. The van der Waals surface area contributed by atoms with Crippen LogP contribution in [0.25, 0.3) is 0 Å². The summed E-state index contributed by atoms with van der Waals surface area (Å²) >= 11 is 4.81. The molecule has 5 N–H and O–H groups in total. The number of urea groups is 1. The van der Waals surface area contributed by atoms with Gasteiger partial charge >= 0.3 is 6.03 Å². The van der Waals surface area contributed by atoms with Crippen molar-refractivity contribution in [1.82, 2.24) is 15.5 Å². The molecule has 0 radical (unpaired) electrons. The SMILES string of the molecule is CCCCNC(=O)Nc1[nH]ncc1C(N)=S. The van der Waals surface area contributed by atoms with E-state index in [2.05, 4.69) is 27.8 Å². The van der Waals surface area contributed by atoms with Crippen LogP contribution in [0.5, 0.6) is 0 Å². The summed E-state index contributed by atoms with van der Waals surface area (Å²) in [6.45, 7) is 2.69. The molecule has 0 atom stereocenters. The first kappa shape index (κ1) is 12.4. The smallest absolute Gasteiger partial charge is 0.320 e. The van der Waals surface area contributed by atoms with Crippen LogP contribution in [0.3, 0.4) is 0 Å². The number of H-pyrrole nitrogens is 1. The van der Waals surface area contributed by atoms with E-state index < -0.39 is 0 Å². The van der Waals surface area contributed by atoms with Crippen molar-refractivity contribution < 1.29 is 4.79 Å². The predicted molar refractivity (Wildman–Crippen MR) is 66.4 cm³/mol. The van der Waals surface area contributed by atoms with E-state index in [1.807, 2.05) is 0 Å². The Morgan fingerprint density at radius 2 is 2.44 bits per heavy atom. The second-order valence-corrected chi connectivity index (χ2v) is 3.70. The van der Waals surface area contributed by atoms with Crippen LogP contribution in [0.15, 0.2) is 6.20 Å². The fourth-order valence-electron chi connectivity index (χ4n) is 1.10. The molecule has 1 aromatic heterocycles. The van der Waals surface area contributed by atoms with Crippen LogP contribution in [-0.2, 0) is 0 Å². The Morgan fingerprint density at radius 3 is 3.06 bits per heavy atom. The molecule has 0 aliphatic carbocycles. The zero-order valence-electron chi connectivity index (χ0n) is 9.04. The lowest BCUT2D eigenvalue weighted by Gasteiger charge is -2.06.